The predicted octanol–water partition coefficient (Wildman–Crippen LogP) is 5.61. The Morgan fingerprint density at radius 3 is 2.28 bits per heavy atom. The fourth-order valence-corrected chi connectivity index (χ4v) is 2.77. The van der Waals surface area contributed by atoms with E-state index in [9.17, 15) is 0 Å². The molecule has 0 radical (unpaired) electrons. The summed E-state index contributed by atoms with van der Waals surface area (Å²) in [6, 6.07) is 6.02. The molecule has 1 unspecified atom stereocenters. The first-order chi connectivity index (χ1) is 8.70. The van der Waals surface area contributed by atoms with Crippen molar-refractivity contribution in [3.05, 3.63) is 33.8 Å². The van der Waals surface area contributed by atoms with Crippen LogP contribution in [-0.4, -0.2) is 6.54 Å². The lowest BCUT2D eigenvalue weighted by molar-refractivity contribution is 0.475. The number of halogens is 2. The number of unbranched alkanes of at least 4 members (excludes halogenated alkanes) is 2. The molecule has 102 valence electrons. The second-order valence-electron chi connectivity index (χ2n) is 4.64. The molecule has 0 bridgehead atoms. The first kappa shape index (κ1) is 15.8. The zero-order chi connectivity index (χ0) is 13.4. The molecular weight excluding hydrogens is 265 g/mol. The van der Waals surface area contributed by atoms with Crippen molar-refractivity contribution in [3.8, 4) is 0 Å². The number of rotatable bonds is 8. The zero-order valence-electron chi connectivity index (χ0n) is 11.3. The maximum absolute atomic E-state index is 6.29. The summed E-state index contributed by atoms with van der Waals surface area (Å²) in [4.78, 5) is 0. The van der Waals surface area contributed by atoms with Gasteiger partial charge >= 0.3 is 0 Å². The van der Waals surface area contributed by atoms with E-state index in [2.05, 4.69) is 19.2 Å². The molecule has 0 aliphatic carbocycles. The minimum atomic E-state index is 0.276. The molecule has 0 heterocycles. The maximum Gasteiger partial charge on any atom is 0.0468 e. The van der Waals surface area contributed by atoms with Crippen molar-refractivity contribution >= 4 is 23.2 Å². The molecule has 1 aromatic carbocycles. The van der Waals surface area contributed by atoms with Crippen molar-refractivity contribution in [2.24, 2.45) is 0 Å². The molecule has 1 N–H and O–H groups in total. The van der Waals surface area contributed by atoms with E-state index in [4.69, 9.17) is 23.2 Å². The molecule has 0 fully saturated rings. The van der Waals surface area contributed by atoms with Crippen LogP contribution >= 0.6 is 23.2 Å². The Labute approximate surface area is 121 Å². The lowest BCUT2D eigenvalue weighted by Gasteiger charge is -2.21. The summed E-state index contributed by atoms with van der Waals surface area (Å²) in [5, 5.41) is 5.10. The largest absolute Gasteiger partial charge is 0.310 e. The second-order valence-corrected chi connectivity index (χ2v) is 5.45. The second kappa shape index (κ2) is 8.79. The molecule has 0 aliphatic rings. The van der Waals surface area contributed by atoms with Gasteiger partial charge in [0.1, 0.15) is 0 Å². The highest BCUT2D eigenvalue weighted by Crippen LogP contribution is 2.33. The third kappa shape index (κ3) is 4.79. The zero-order valence-corrected chi connectivity index (χ0v) is 12.8. The van der Waals surface area contributed by atoms with Crippen LogP contribution in [0.5, 0.6) is 0 Å². The fraction of sp³-hybridized carbons (Fsp3) is 0.600. The summed E-state index contributed by atoms with van der Waals surface area (Å²) in [5.74, 6) is 0. The number of nitrogens with one attached hydrogen (secondary N) is 1. The van der Waals surface area contributed by atoms with Crippen LogP contribution in [0, 0.1) is 0 Å². The third-order valence-electron chi connectivity index (χ3n) is 3.09. The van der Waals surface area contributed by atoms with Crippen molar-refractivity contribution in [2.45, 2.75) is 52.0 Å². The van der Waals surface area contributed by atoms with Crippen LogP contribution in [0.4, 0.5) is 0 Å². The average molecular weight is 288 g/mol. The van der Waals surface area contributed by atoms with E-state index in [1.807, 2.05) is 18.2 Å². The van der Waals surface area contributed by atoms with Gasteiger partial charge in [-0.3, -0.25) is 0 Å². The van der Waals surface area contributed by atoms with Crippen LogP contribution in [0.1, 0.15) is 57.6 Å². The molecule has 0 amide bonds. The topological polar surface area (TPSA) is 12.0 Å². The Hall–Kier alpha value is -0.240. The van der Waals surface area contributed by atoms with Gasteiger partial charge < -0.3 is 5.32 Å². The lowest BCUT2D eigenvalue weighted by Crippen LogP contribution is -2.22. The van der Waals surface area contributed by atoms with Gasteiger partial charge in [0.25, 0.3) is 0 Å². The lowest BCUT2D eigenvalue weighted by atomic mass is 10.00. The summed E-state index contributed by atoms with van der Waals surface area (Å²) < 4.78 is 0. The van der Waals surface area contributed by atoms with Crippen LogP contribution in [-0.2, 0) is 0 Å². The highest BCUT2D eigenvalue weighted by molar-refractivity contribution is 6.36. The van der Waals surface area contributed by atoms with Gasteiger partial charge in [-0.25, -0.2) is 0 Å². The van der Waals surface area contributed by atoms with Gasteiger partial charge in [-0.05, 0) is 31.5 Å². The first-order valence-electron chi connectivity index (χ1n) is 6.88. The summed E-state index contributed by atoms with van der Waals surface area (Å²) in [6.07, 6.45) is 5.91. The van der Waals surface area contributed by atoms with E-state index in [0.717, 1.165) is 35.0 Å². The quantitative estimate of drug-likeness (QED) is 0.613. The standard InChI is InChI=1S/C15H23Cl2N/c1-3-5-6-10-14(18-11-4-2)15-12(16)8-7-9-13(15)17/h7-9,14,18H,3-6,10-11H2,1-2H3. The van der Waals surface area contributed by atoms with E-state index in [0.29, 0.717) is 0 Å². The minimum absolute atomic E-state index is 0.276. The highest BCUT2D eigenvalue weighted by Gasteiger charge is 2.16. The van der Waals surface area contributed by atoms with Gasteiger partial charge in [0.2, 0.25) is 0 Å². The van der Waals surface area contributed by atoms with Gasteiger partial charge in [0.05, 0.1) is 0 Å². The number of hydrogen-bond donors (Lipinski definition) is 1. The van der Waals surface area contributed by atoms with Crippen LogP contribution in [0.15, 0.2) is 18.2 Å². The Bertz CT molecular complexity index is 332. The number of benzene rings is 1. The van der Waals surface area contributed by atoms with Crippen LogP contribution < -0.4 is 5.32 Å². The molecule has 0 spiro atoms. The van der Waals surface area contributed by atoms with Gasteiger partial charge in [0.15, 0.2) is 0 Å². The summed E-state index contributed by atoms with van der Waals surface area (Å²) in [5.41, 5.74) is 1.06. The van der Waals surface area contributed by atoms with Gasteiger partial charge in [-0.15, -0.1) is 0 Å². The van der Waals surface area contributed by atoms with Crippen molar-refractivity contribution < 1.29 is 0 Å². The number of hydrogen-bond acceptors (Lipinski definition) is 1. The molecule has 0 aliphatic heterocycles. The Kier molecular flexibility index (Phi) is 7.73. The predicted molar refractivity (Wildman–Crippen MR) is 81.6 cm³/mol. The highest BCUT2D eigenvalue weighted by atomic mass is 35.5. The molecule has 1 rings (SSSR count). The van der Waals surface area contributed by atoms with Crippen LogP contribution in [0.2, 0.25) is 10.0 Å². The Balaban J connectivity index is 2.79. The normalized spacial score (nSPS) is 12.7. The van der Waals surface area contributed by atoms with Crippen molar-refractivity contribution in [1.82, 2.24) is 5.32 Å². The summed E-state index contributed by atoms with van der Waals surface area (Å²) in [7, 11) is 0. The molecular formula is C15H23Cl2N. The van der Waals surface area contributed by atoms with E-state index < -0.39 is 0 Å². The first-order valence-corrected chi connectivity index (χ1v) is 7.63. The van der Waals surface area contributed by atoms with Crippen molar-refractivity contribution in [1.29, 1.82) is 0 Å². The molecule has 0 saturated carbocycles. The van der Waals surface area contributed by atoms with Crippen LogP contribution in [0.3, 0.4) is 0 Å². The van der Waals surface area contributed by atoms with E-state index >= 15 is 0 Å². The smallest absolute Gasteiger partial charge is 0.0468 e. The molecule has 0 aromatic heterocycles. The van der Waals surface area contributed by atoms with E-state index in [-0.39, 0.29) is 6.04 Å². The van der Waals surface area contributed by atoms with E-state index in [1.165, 1.54) is 19.3 Å². The third-order valence-corrected chi connectivity index (χ3v) is 3.74. The fourth-order valence-electron chi connectivity index (χ4n) is 2.11. The van der Waals surface area contributed by atoms with Gasteiger partial charge in [0, 0.05) is 21.7 Å². The summed E-state index contributed by atoms with van der Waals surface area (Å²) in [6.45, 7) is 5.39. The SMILES string of the molecule is CCCCCC(NCCC)c1c(Cl)cccc1Cl. The molecule has 0 saturated heterocycles. The van der Waals surface area contributed by atoms with Gasteiger partial charge in [-0.1, -0.05) is 62.4 Å². The van der Waals surface area contributed by atoms with Crippen molar-refractivity contribution in [2.75, 3.05) is 6.54 Å². The molecule has 18 heavy (non-hydrogen) atoms. The molecule has 1 atom stereocenters. The van der Waals surface area contributed by atoms with Gasteiger partial charge in [-0.2, -0.15) is 0 Å². The molecule has 1 aromatic rings. The Morgan fingerprint density at radius 2 is 1.72 bits per heavy atom. The van der Waals surface area contributed by atoms with Crippen molar-refractivity contribution in [3.63, 3.8) is 0 Å². The maximum atomic E-state index is 6.29. The Morgan fingerprint density at radius 1 is 1.06 bits per heavy atom. The minimum Gasteiger partial charge on any atom is -0.310 e. The molecule has 1 nitrogen and oxygen atoms in total. The average Bonchev–Trinajstić information content (AvgIpc) is 2.35. The van der Waals surface area contributed by atoms with Crippen LogP contribution in [0.25, 0.3) is 0 Å². The molecule has 3 heteroatoms. The monoisotopic (exact) mass is 287 g/mol. The summed E-state index contributed by atoms with van der Waals surface area (Å²) >= 11 is 12.6. The van der Waals surface area contributed by atoms with E-state index in [1.54, 1.807) is 0 Å².